The molecular formula is C18H19BrClNO3. The zero-order valence-electron chi connectivity index (χ0n) is 13.8. The largest absolute Gasteiger partial charge is 0.487 e. The number of ether oxygens (including phenoxy) is 2. The Morgan fingerprint density at radius 3 is 2.75 bits per heavy atom. The Balaban J connectivity index is 2.23. The van der Waals surface area contributed by atoms with E-state index in [0.717, 1.165) is 22.0 Å². The van der Waals surface area contributed by atoms with Crippen molar-refractivity contribution in [2.24, 2.45) is 0 Å². The highest BCUT2D eigenvalue weighted by Gasteiger charge is 2.12. The number of nitrogens with one attached hydrogen (secondary N) is 1. The SMILES string of the molecule is CCc1cc(Cl)c(OCc2c(Br)cccc2NC(=O)OC)cc1C. The van der Waals surface area contributed by atoms with Gasteiger partial charge in [-0.1, -0.05) is 40.5 Å². The molecule has 2 aromatic carbocycles. The fraction of sp³-hybridized carbons (Fsp3) is 0.278. The van der Waals surface area contributed by atoms with Gasteiger partial charge in [0, 0.05) is 10.0 Å². The maximum Gasteiger partial charge on any atom is 0.411 e. The molecule has 0 unspecified atom stereocenters. The highest BCUT2D eigenvalue weighted by Crippen LogP contribution is 2.31. The van der Waals surface area contributed by atoms with E-state index in [1.54, 1.807) is 6.07 Å². The Morgan fingerprint density at radius 1 is 1.33 bits per heavy atom. The van der Waals surface area contributed by atoms with Gasteiger partial charge in [-0.2, -0.15) is 0 Å². The van der Waals surface area contributed by atoms with Crippen molar-refractivity contribution in [2.45, 2.75) is 26.9 Å². The molecule has 0 atom stereocenters. The molecule has 0 heterocycles. The van der Waals surface area contributed by atoms with Crippen LogP contribution in [0.15, 0.2) is 34.8 Å². The molecule has 1 N–H and O–H groups in total. The van der Waals surface area contributed by atoms with E-state index in [0.29, 0.717) is 16.5 Å². The highest BCUT2D eigenvalue weighted by molar-refractivity contribution is 9.10. The summed E-state index contributed by atoms with van der Waals surface area (Å²) in [6, 6.07) is 9.36. The molecule has 1 amide bonds. The third kappa shape index (κ3) is 4.42. The number of aryl methyl sites for hydroxylation is 2. The van der Waals surface area contributed by atoms with Crippen LogP contribution in [0.1, 0.15) is 23.6 Å². The van der Waals surface area contributed by atoms with Gasteiger partial charge in [0.25, 0.3) is 0 Å². The van der Waals surface area contributed by atoms with Gasteiger partial charge in [0.05, 0.1) is 17.8 Å². The van der Waals surface area contributed by atoms with Crippen molar-refractivity contribution in [1.29, 1.82) is 0 Å². The number of benzene rings is 2. The smallest absolute Gasteiger partial charge is 0.411 e. The van der Waals surface area contributed by atoms with Crippen LogP contribution in [-0.2, 0) is 17.8 Å². The number of carbonyl (C=O) groups is 1. The minimum absolute atomic E-state index is 0.255. The number of halogens is 2. The summed E-state index contributed by atoms with van der Waals surface area (Å²) in [6.45, 7) is 4.38. The average Bonchev–Trinajstić information content (AvgIpc) is 2.56. The number of methoxy groups -OCH3 is 1. The van der Waals surface area contributed by atoms with Crippen LogP contribution in [0.4, 0.5) is 10.5 Å². The van der Waals surface area contributed by atoms with Crippen LogP contribution in [0.5, 0.6) is 5.75 Å². The molecule has 0 saturated carbocycles. The van der Waals surface area contributed by atoms with Gasteiger partial charge in [-0.3, -0.25) is 5.32 Å². The van der Waals surface area contributed by atoms with Gasteiger partial charge in [-0.15, -0.1) is 0 Å². The molecule has 0 aromatic heterocycles. The van der Waals surface area contributed by atoms with Crippen molar-refractivity contribution in [1.82, 2.24) is 0 Å². The standard InChI is InChI=1S/C18H19BrClNO3/c1-4-12-9-15(20)17(8-11(12)2)24-10-13-14(19)6-5-7-16(13)21-18(22)23-3/h5-9H,4,10H2,1-3H3,(H,21,22). The van der Waals surface area contributed by atoms with Crippen LogP contribution in [0.25, 0.3) is 0 Å². The average molecular weight is 413 g/mol. The quantitative estimate of drug-likeness (QED) is 0.682. The van der Waals surface area contributed by atoms with Gasteiger partial charge < -0.3 is 9.47 Å². The number of amides is 1. The molecule has 0 aliphatic rings. The van der Waals surface area contributed by atoms with E-state index in [-0.39, 0.29) is 6.61 Å². The van der Waals surface area contributed by atoms with E-state index in [1.807, 2.05) is 31.2 Å². The second-order valence-corrected chi connectivity index (χ2v) is 6.50. The lowest BCUT2D eigenvalue weighted by molar-refractivity contribution is 0.187. The predicted molar refractivity (Wildman–Crippen MR) is 100 cm³/mol. The molecule has 4 nitrogen and oxygen atoms in total. The second-order valence-electron chi connectivity index (χ2n) is 5.23. The van der Waals surface area contributed by atoms with E-state index in [9.17, 15) is 4.79 Å². The monoisotopic (exact) mass is 411 g/mol. The van der Waals surface area contributed by atoms with Gasteiger partial charge in [-0.05, 0) is 48.7 Å². The first-order valence-corrected chi connectivity index (χ1v) is 8.67. The number of anilines is 1. The molecule has 128 valence electrons. The number of rotatable bonds is 5. The molecule has 0 radical (unpaired) electrons. The minimum Gasteiger partial charge on any atom is -0.487 e. The Labute approximate surface area is 155 Å². The molecule has 24 heavy (non-hydrogen) atoms. The molecule has 6 heteroatoms. The molecule has 0 saturated heterocycles. The Morgan fingerprint density at radius 2 is 2.08 bits per heavy atom. The van der Waals surface area contributed by atoms with E-state index in [4.69, 9.17) is 16.3 Å². The van der Waals surface area contributed by atoms with E-state index in [2.05, 4.69) is 32.9 Å². The molecule has 0 bridgehead atoms. The summed E-state index contributed by atoms with van der Waals surface area (Å²) in [5.41, 5.74) is 3.75. The van der Waals surface area contributed by atoms with Gasteiger partial charge >= 0.3 is 6.09 Å². The molecule has 0 spiro atoms. The third-order valence-electron chi connectivity index (χ3n) is 3.68. The summed E-state index contributed by atoms with van der Waals surface area (Å²) < 4.78 is 11.4. The van der Waals surface area contributed by atoms with Crippen molar-refractivity contribution in [3.05, 3.63) is 56.5 Å². The number of hydrogen-bond acceptors (Lipinski definition) is 3. The Bertz CT molecular complexity index is 749. The second kappa shape index (κ2) is 8.40. The van der Waals surface area contributed by atoms with Crippen molar-refractivity contribution >= 4 is 39.3 Å². The van der Waals surface area contributed by atoms with Gasteiger partial charge in [0.1, 0.15) is 12.4 Å². The summed E-state index contributed by atoms with van der Waals surface area (Å²) in [4.78, 5) is 11.5. The first-order valence-electron chi connectivity index (χ1n) is 7.50. The predicted octanol–water partition coefficient (Wildman–Crippen LogP) is 5.73. The van der Waals surface area contributed by atoms with Gasteiger partial charge in [0.2, 0.25) is 0 Å². The molecule has 2 rings (SSSR count). The first-order chi connectivity index (χ1) is 11.5. The summed E-state index contributed by atoms with van der Waals surface area (Å²) in [5.74, 6) is 0.617. The normalized spacial score (nSPS) is 10.4. The lowest BCUT2D eigenvalue weighted by atomic mass is 10.1. The minimum atomic E-state index is -0.532. The Kier molecular flexibility index (Phi) is 6.52. The van der Waals surface area contributed by atoms with Crippen LogP contribution in [0.2, 0.25) is 5.02 Å². The summed E-state index contributed by atoms with van der Waals surface area (Å²) in [5, 5.41) is 3.25. The highest BCUT2D eigenvalue weighted by atomic mass is 79.9. The van der Waals surface area contributed by atoms with Crippen LogP contribution in [0.3, 0.4) is 0 Å². The molecule has 0 fully saturated rings. The maximum absolute atomic E-state index is 11.5. The molecular weight excluding hydrogens is 394 g/mol. The zero-order valence-corrected chi connectivity index (χ0v) is 16.1. The van der Waals surface area contributed by atoms with Crippen molar-refractivity contribution < 1.29 is 14.3 Å². The topological polar surface area (TPSA) is 47.6 Å². The van der Waals surface area contributed by atoms with Crippen molar-refractivity contribution in [3.63, 3.8) is 0 Å². The molecule has 2 aromatic rings. The van der Waals surface area contributed by atoms with Gasteiger partial charge in [0.15, 0.2) is 0 Å². The summed E-state index contributed by atoms with van der Waals surface area (Å²) in [7, 11) is 1.32. The van der Waals surface area contributed by atoms with Crippen molar-refractivity contribution in [3.8, 4) is 5.75 Å². The fourth-order valence-corrected chi connectivity index (χ4v) is 3.04. The van der Waals surface area contributed by atoms with E-state index in [1.165, 1.54) is 12.7 Å². The van der Waals surface area contributed by atoms with Crippen LogP contribution in [0, 0.1) is 6.92 Å². The van der Waals surface area contributed by atoms with Crippen LogP contribution >= 0.6 is 27.5 Å². The van der Waals surface area contributed by atoms with E-state index < -0.39 is 6.09 Å². The summed E-state index contributed by atoms with van der Waals surface area (Å²) in [6.07, 6.45) is 0.388. The lowest BCUT2D eigenvalue weighted by Crippen LogP contribution is -2.13. The van der Waals surface area contributed by atoms with Crippen LogP contribution in [-0.4, -0.2) is 13.2 Å². The van der Waals surface area contributed by atoms with Crippen LogP contribution < -0.4 is 10.1 Å². The lowest BCUT2D eigenvalue weighted by Gasteiger charge is -2.15. The van der Waals surface area contributed by atoms with Gasteiger partial charge in [-0.25, -0.2) is 4.79 Å². The first kappa shape index (κ1) is 18.6. The number of carbonyl (C=O) groups excluding carboxylic acids is 1. The van der Waals surface area contributed by atoms with Crippen molar-refractivity contribution in [2.75, 3.05) is 12.4 Å². The molecule has 0 aliphatic carbocycles. The maximum atomic E-state index is 11.5. The Hall–Kier alpha value is -1.72. The molecule has 0 aliphatic heterocycles. The fourth-order valence-electron chi connectivity index (χ4n) is 2.32. The third-order valence-corrected chi connectivity index (χ3v) is 4.72. The summed E-state index contributed by atoms with van der Waals surface area (Å²) >= 11 is 9.79. The number of hydrogen-bond donors (Lipinski definition) is 1. The zero-order chi connectivity index (χ0) is 17.7. The van der Waals surface area contributed by atoms with E-state index >= 15 is 0 Å².